The summed E-state index contributed by atoms with van der Waals surface area (Å²) in [5, 5.41) is 0. The number of hydrogen-bond acceptors (Lipinski definition) is 3. The van der Waals surface area contributed by atoms with Crippen molar-refractivity contribution in [2.24, 2.45) is 0 Å². The average molecular weight is 251 g/mol. The van der Waals surface area contributed by atoms with Crippen molar-refractivity contribution in [2.45, 2.75) is 13.0 Å². The van der Waals surface area contributed by atoms with E-state index in [9.17, 15) is 8.42 Å². The van der Waals surface area contributed by atoms with Crippen molar-refractivity contribution in [3.05, 3.63) is 30.1 Å². The van der Waals surface area contributed by atoms with Crippen molar-refractivity contribution < 1.29 is 8.42 Å². The van der Waals surface area contributed by atoms with Gasteiger partial charge in [-0.1, -0.05) is 6.07 Å². The third-order valence-corrected chi connectivity index (χ3v) is 4.95. The second-order valence-corrected chi connectivity index (χ2v) is 6.35. The standard InChI is InChI=1S/C11H13N3O2S/c15-17(16)5-1-4-14(17)7-9-2-3-10-11(6-9)13-8-12-10/h2-3,6,8H,1,4-5,7H2,(H,12,13). The third kappa shape index (κ3) is 1.94. The van der Waals surface area contributed by atoms with Crippen molar-refractivity contribution in [3.63, 3.8) is 0 Å². The van der Waals surface area contributed by atoms with E-state index in [1.165, 1.54) is 0 Å². The van der Waals surface area contributed by atoms with Gasteiger partial charge in [-0.3, -0.25) is 0 Å². The minimum atomic E-state index is -3.02. The maximum Gasteiger partial charge on any atom is 0.214 e. The van der Waals surface area contributed by atoms with Crippen molar-refractivity contribution in [3.8, 4) is 0 Å². The Kier molecular flexibility index (Phi) is 2.41. The Morgan fingerprint density at radius 3 is 3.06 bits per heavy atom. The molecule has 1 fully saturated rings. The molecule has 3 rings (SSSR count). The number of sulfonamides is 1. The molecule has 0 spiro atoms. The number of hydrogen-bond donors (Lipinski definition) is 1. The van der Waals surface area contributed by atoms with Crippen LogP contribution in [0.15, 0.2) is 24.5 Å². The quantitative estimate of drug-likeness (QED) is 0.869. The van der Waals surface area contributed by atoms with Crippen molar-refractivity contribution in [1.82, 2.24) is 14.3 Å². The summed E-state index contributed by atoms with van der Waals surface area (Å²) in [7, 11) is -3.02. The molecule has 1 saturated heterocycles. The Hall–Kier alpha value is -1.40. The van der Waals surface area contributed by atoms with Gasteiger partial charge < -0.3 is 4.98 Å². The fourth-order valence-electron chi connectivity index (χ4n) is 2.15. The number of nitrogens with zero attached hydrogens (tertiary/aromatic N) is 2. The minimum absolute atomic E-state index is 0.275. The molecule has 0 atom stereocenters. The number of nitrogens with one attached hydrogen (secondary N) is 1. The van der Waals surface area contributed by atoms with Crippen molar-refractivity contribution >= 4 is 21.1 Å². The molecule has 0 amide bonds. The van der Waals surface area contributed by atoms with Crippen LogP contribution in [0.25, 0.3) is 11.0 Å². The van der Waals surface area contributed by atoms with Crippen LogP contribution < -0.4 is 0 Å². The zero-order valence-electron chi connectivity index (χ0n) is 9.26. The summed E-state index contributed by atoms with van der Waals surface area (Å²) in [5.74, 6) is 0.275. The topological polar surface area (TPSA) is 66.1 Å². The van der Waals surface area contributed by atoms with E-state index in [1.54, 1.807) is 10.6 Å². The molecule has 2 aromatic rings. The van der Waals surface area contributed by atoms with Crippen LogP contribution in [0.4, 0.5) is 0 Å². The largest absolute Gasteiger partial charge is 0.345 e. The summed E-state index contributed by atoms with van der Waals surface area (Å²) in [4.78, 5) is 7.18. The lowest BCUT2D eigenvalue weighted by Gasteiger charge is -2.13. The van der Waals surface area contributed by atoms with E-state index in [0.29, 0.717) is 13.1 Å². The fraction of sp³-hybridized carbons (Fsp3) is 0.364. The van der Waals surface area contributed by atoms with Gasteiger partial charge in [0.2, 0.25) is 10.0 Å². The first-order valence-corrected chi connectivity index (χ1v) is 7.16. The molecule has 2 heterocycles. The van der Waals surface area contributed by atoms with Crippen LogP contribution in [-0.4, -0.2) is 35.0 Å². The zero-order chi connectivity index (χ0) is 11.9. The number of rotatable bonds is 2. The molecule has 1 aromatic carbocycles. The highest BCUT2D eigenvalue weighted by Crippen LogP contribution is 2.19. The number of fused-ring (bicyclic) bond motifs is 1. The Morgan fingerprint density at radius 2 is 2.29 bits per heavy atom. The Balaban J connectivity index is 1.89. The molecular formula is C11H13N3O2S. The lowest BCUT2D eigenvalue weighted by atomic mass is 10.2. The van der Waals surface area contributed by atoms with Gasteiger partial charge in [-0.05, 0) is 24.1 Å². The van der Waals surface area contributed by atoms with Gasteiger partial charge in [0.15, 0.2) is 0 Å². The summed E-state index contributed by atoms with van der Waals surface area (Å²) in [6.07, 6.45) is 2.37. The molecule has 0 saturated carbocycles. The number of aromatic nitrogens is 2. The molecule has 0 bridgehead atoms. The maximum atomic E-state index is 11.7. The lowest BCUT2D eigenvalue weighted by molar-refractivity contribution is 0.440. The van der Waals surface area contributed by atoms with E-state index in [2.05, 4.69) is 9.97 Å². The summed E-state index contributed by atoms with van der Waals surface area (Å²) in [5.41, 5.74) is 2.83. The molecular weight excluding hydrogens is 238 g/mol. The normalized spacial score (nSPS) is 20.0. The predicted octanol–water partition coefficient (Wildman–Crippen LogP) is 1.10. The molecule has 0 unspecified atom stereocenters. The van der Waals surface area contributed by atoms with E-state index in [0.717, 1.165) is 23.0 Å². The van der Waals surface area contributed by atoms with Gasteiger partial charge in [0, 0.05) is 13.1 Å². The van der Waals surface area contributed by atoms with Gasteiger partial charge in [-0.25, -0.2) is 13.4 Å². The van der Waals surface area contributed by atoms with Crippen LogP contribution in [0.5, 0.6) is 0 Å². The van der Waals surface area contributed by atoms with E-state index >= 15 is 0 Å². The first kappa shape index (κ1) is 10.7. The van der Waals surface area contributed by atoms with Crippen molar-refractivity contribution in [2.75, 3.05) is 12.3 Å². The van der Waals surface area contributed by atoms with Gasteiger partial charge in [0.05, 0.1) is 23.1 Å². The predicted molar refractivity (Wildman–Crippen MR) is 64.9 cm³/mol. The lowest BCUT2D eigenvalue weighted by Crippen LogP contribution is -2.25. The fourth-order valence-corrected chi connectivity index (χ4v) is 3.65. The monoisotopic (exact) mass is 251 g/mol. The van der Waals surface area contributed by atoms with E-state index in [4.69, 9.17) is 0 Å². The van der Waals surface area contributed by atoms with E-state index in [-0.39, 0.29) is 5.75 Å². The van der Waals surface area contributed by atoms with Crippen LogP contribution in [-0.2, 0) is 16.6 Å². The number of benzene rings is 1. The summed E-state index contributed by atoms with van der Waals surface area (Å²) in [6.45, 7) is 1.08. The van der Waals surface area contributed by atoms with Crippen LogP contribution in [0.3, 0.4) is 0 Å². The molecule has 1 aliphatic heterocycles. The smallest absolute Gasteiger partial charge is 0.214 e. The van der Waals surface area contributed by atoms with Gasteiger partial charge >= 0.3 is 0 Å². The molecule has 6 heteroatoms. The zero-order valence-corrected chi connectivity index (χ0v) is 10.1. The van der Waals surface area contributed by atoms with Crippen LogP contribution in [0.1, 0.15) is 12.0 Å². The first-order chi connectivity index (χ1) is 8.15. The number of aromatic amines is 1. The number of H-pyrrole nitrogens is 1. The summed E-state index contributed by atoms with van der Waals surface area (Å²) in [6, 6.07) is 5.80. The second-order valence-electron chi connectivity index (χ2n) is 4.26. The molecule has 17 heavy (non-hydrogen) atoms. The first-order valence-electron chi connectivity index (χ1n) is 5.55. The minimum Gasteiger partial charge on any atom is -0.345 e. The van der Waals surface area contributed by atoms with Gasteiger partial charge in [0.25, 0.3) is 0 Å². The molecule has 5 nitrogen and oxygen atoms in total. The molecule has 1 aliphatic rings. The molecule has 1 N–H and O–H groups in total. The van der Waals surface area contributed by atoms with E-state index in [1.807, 2.05) is 18.2 Å². The SMILES string of the molecule is O=S1(=O)CCCN1Cc1ccc2[nH]cnc2c1. The van der Waals surface area contributed by atoms with Gasteiger partial charge in [-0.15, -0.1) is 0 Å². The second kappa shape index (κ2) is 3.82. The van der Waals surface area contributed by atoms with Crippen LogP contribution in [0.2, 0.25) is 0 Å². The summed E-state index contributed by atoms with van der Waals surface area (Å²) >= 11 is 0. The third-order valence-electron chi connectivity index (χ3n) is 3.05. The highest BCUT2D eigenvalue weighted by atomic mass is 32.2. The van der Waals surface area contributed by atoms with Gasteiger partial charge in [-0.2, -0.15) is 4.31 Å². The maximum absolute atomic E-state index is 11.7. The van der Waals surface area contributed by atoms with Crippen LogP contribution in [0, 0.1) is 0 Å². The van der Waals surface area contributed by atoms with E-state index < -0.39 is 10.0 Å². The number of imidazole rings is 1. The summed E-state index contributed by atoms with van der Waals surface area (Å²) < 4.78 is 24.9. The Bertz CT molecular complexity index is 648. The average Bonchev–Trinajstić information content (AvgIpc) is 2.85. The molecule has 90 valence electrons. The molecule has 0 radical (unpaired) electrons. The van der Waals surface area contributed by atoms with Crippen LogP contribution >= 0.6 is 0 Å². The highest BCUT2D eigenvalue weighted by Gasteiger charge is 2.27. The molecule has 1 aromatic heterocycles. The molecule has 0 aliphatic carbocycles. The Morgan fingerprint density at radius 1 is 1.41 bits per heavy atom. The Labute approximate surface area is 99.5 Å². The van der Waals surface area contributed by atoms with Gasteiger partial charge in [0.1, 0.15) is 0 Å². The van der Waals surface area contributed by atoms with Crippen molar-refractivity contribution in [1.29, 1.82) is 0 Å². The highest BCUT2D eigenvalue weighted by molar-refractivity contribution is 7.89.